The normalized spacial score (nSPS) is 19.5. The van der Waals surface area contributed by atoms with Gasteiger partial charge in [0.2, 0.25) is 11.8 Å². The Morgan fingerprint density at radius 1 is 0.615 bits per heavy atom. The molecule has 2 saturated carbocycles. The number of nitrogens with zero attached hydrogens (tertiary/aromatic N) is 4. The van der Waals surface area contributed by atoms with E-state index in [2.05, 4.69) is 9.97 Å². The summed E-state index contributed by atoms with van der Waals surface area (Å²) in [6.07, 6.45) is -0.893. The number of carbonyl (C=O) groups excluding carboxylic acids is 1. The fraction of sp³-hybridized carbons (Fsp3) is 0.310. The Morgan fingerprint density at radius 2 is 1.04 bits per heavy atom. The largest absolute Gasteiger partial charge is 1.00 e. The first-order chi connectivity index (χ1) is 36.1. The van der Waals surface area contributed by atoms with E-state index in [1.165, 1.54) is 36.4 Å². The van der Waals surface area contributed by atoms with Crippen LogP contribution in [-0.4, -0.2) is 47.2 Å². The van der Waals surface area contributed by atoms with Gasteiger partial charge in [0.1, 0.15) is 30.4 Å². The van der Waals surface area contributed by atoms with E-state index in [-0.39, 0.29) is 114 Å². The van der Waals surface area contributed by atoms with Gasteiger partial charge in [0.05, 0.1) is 23.0 Å². The van der Waals surface area contributed by atoms with Crippen molar-refractivity contribution in [2.75, 3.05) is 0 Å². The third kappa shape index (κ3) is 11.0. The standard InChI is InChI=1S/C31H28F4N2O3.C27H20F4N2O3.Li.H2O/c1-30(2,3)40-29(38)28-21-10-19-13-26(36-14-22(19)27(21)28)39-16-20-12-25-17(11-24(20)32)8-9-37(25)15-18-6-4-5-7-23(18)31(33,34)35;28-21-8-14-5-6-33(12-15-3-1-2-4-20(15)27(29,30)31)22(14)9-17(21)13-36-23-10-16-7-18-24(19(16)11-32-23)25(18)26(34)35;;/h4-9,11-14,21,27-28H,10,15-16H2,1-3H3;1-6,8-11,18,24-25H,7,12-13H2,(H,34,35);;1H2/q;;+1;/p-1/t21-,27-,28+;18-,24-,25+;;/m11../s1. The van der Waals surface area contributed by atoms with Crippen LogP contribution in [0.15, 0.2) is 122 Å². The zero-order valence-electron chi connectivity index (χ0n) is 42.5. The maximum Gasteiger partial charge on any atom is 1.00 e. The summed E-state index contributed by atoms with van der Waals surface area (Å²) in [7, 11) is 0. The van der Waals surface area contributed by atoms with E-state index in [1.807, 2.05) is 26.8 Å². The Labute approximate surface area is 453 Å². The van der Waals surface area contributed by atoms with Crippen molar-refractivity contribution in [3.8, 4) is 11.8 Å². The van der Waals surface area contributed by atoms with Gasteiger partial charge in [-0.15, -0.1) is 0 Å². The van der Waals surface area contributed by atoms with Gasteiger partial charge in [0.25, 0.3) is 0 Å². The number of rotatable bonds is 12. The zero-order valence-corrected chi connectivity index (χ0v) is 42.5. The monoisotopic (exact) mass is 1070 g/mol. The molecule has 0 saturated heterocycles. The summed E-state index contributed by atoms with van der Waals surface area (Å²) >= 11 is 0. The quantitative estimate of drug-likeness (QED) is 0.0718. The van der Waals surface area contributed by atoms with Gasteiger partial charge in [-0.25, -0.2) is 18.7 Å². The van der Waals surface area contributed by atoms with Crippen LogP contribution in [0.3, 0.4) is 0 Å². The second kappa shape index (κ2) is 20.9. The zero-order chi connectivity index (χ0) is 53.6. The summed E-state index contributed by atoms with van der Waals surface area (Å²) in [4.78, 5) is 32.4. The van der Waals surface area contributed by atoms with Crippen LogP contribution >= 0.6 is 0 Å². The van der Waals surface area contributed by atoms with E-state index in [9.17, 15) is 49.8 Å². The molecule has 0 radical (unpaired) electrons. The molecule has 400 valence electrons. The molecule has 4 heterocycles. The van der Waals surface area contributed by atoms with Gasteiger partial charge in [-0.1, -0.05) is 36.4 Å². The maximum atomic E-state index is 14.9. The first-order valence-electron chi connectivity index (χ1n) is 24.6. The molecule has 0 amide bonds. The number of carboxylic acid groups (broad SMARTS) is 1. The van der Waals surface area contributed by atoms with Crippen LogP contribution < -0.4 is 28.3 Å². The Kier molecular flexibility index (Phi) is 14.9. The maximum absolute atomic E-state index is 14.9. The Bertz CT molecular complexity index is 3610. The third-order valence-corrected chi connectivity index (χ3v) is 14.9. The van der Waals surface area contributed by atoms with Crippen LogP contribution in [-0.2, 0) is 65.8 Å². The molecule has 2 fully saturated rings. The van der Waals surface area contributed by atoms with Gasteiger partial charge in [-0.2, -0.15) is 26.3 Å². The molecule has 4 aliphatic carbocycles. The van der Waals surface area contributed by atoms with Gasteiger partial charge in [0.15, 0.2) is 0 Å². The molecule has 0 spiro atoms. The van der Waals surface area contributed by atoms with E-state index < -0.39 is 46.7 Å². The number of halogens is 8. The fourth-order valence-corrected chi connectivity index (χ4v) is 11.3. The van der Waals surface area contributed by atoms with Crippen molar-refractivity contribution in [3.05, 3.63) is 189 Å². The molecule has 4 aliphatic rings. The molecule has 11 nitrogen and oxygen atoms in total. The molecule has 4 aromatic carbocycles. The number of benzene rings is 4. The number of fused-ring (bicyclic) bond motifs is 8. The van der Waals surface area contributed by atoms with E-state index in [1.54, 1.807) is 76.4 Å². The van der Waals surface area contributed by atoms with Gasteiger partial charge in [-0.05, 0) is 127 Å². The van der Waals surface area contributed by atoms with Crippen LogP contribution in [0.2, 0.25) is 0 Å². The molecule has 8 aromatic rings. The SMILES string of the molecule is CC(C)(C)OC(=O)[C@H]1[C@@H]2Cc3cc(OCc4cc5c(ccn5Cc5ccccc5C(F)(F)F)cc4F)ncc3[C@@H]21.O=C(O)[C@H]1[C@@H]2Cc3cc(OCc4cc5c(ccn5Cc5ccccc5C(F)(F)F)cc4F)ncc3[C@@H]21.[Li+].[OH-]. The van der Waals surface area contributed by atoms with E-state index in [0.29, 0.717) is 40.0 Å². The Hall–Kier alpha value is -7.20. The number of carboxylic acids is 1. The fourth-order valence-electron chi connectivity index (χ4n) is 11.3. The van der Waals surface area contributed by atoms with Gasteiger partial charge in [0, 0.05) is 94.8 Å². The van der Waals surface area contributed by atoms with Crippen molar-refractivity contribution in [2.24, 2.45) is 23.7 Å². The second-order valence-electron chi connectivity index (χ2n) is 20.9. The first kappa shape index (κ1) is 55.5. The van der Waals surface area contributed by atoms with Crippen LogP contribution in [0.5, 0.6) is 11.8 Å². The minimum atomic E-state index is -4.47. The average Bonchev–Trinajstić information content (AvgIpc) is 4.04. The van der Waals surface area contributed by atoms with Crippen LogP contribution in [0.1, 0.15) is 88.2 Å². The predicted octanol–water partition coefficient (Wildman–Crippen LogP) is 9.67. The molecular weight excluding hydrogens is 1020 g/mol. The van der Waals surface area contributed by atoms with Crippen LogP contribution in [0.25, 0.3) is 21.8 Å². The van der Waals surface area contributed by atoms with E-state index in [4.69, 9.17) is 14.2 Å². The minimum Gasteiger partial charge on any atom is -0.870 e. The number of carbonyl (C=O) groups is 2. The first-order valence-corrected chi connectivity index (χ1v) is 24.6. The second-order valence-corrected chi connectivity index (χ2v) is 20.9. The molecule has 6 atom stereocenters. The summed E-state index contributed by atoms with van der Waals surface area (Å²) < 4.78 is 131. The van der Waals surface area contributed by atoms with Crippen molar-refractivity contribution in [1.82, 2.24) is 19.1 Å². The van der Waals surface area contributed by atoms with Crippen molar-refractivity contribution in [2.45, 2.75) is 89.7 Å². The molecule has 0 unspecified atom stereocenters. The molecular formula is C58H49F8LiN4O7. The topological polar surface area (TPSA) is 148 Å². The molecule has 0 bridgehead atoms. The van der Waals surface area contributed by atoms with E-state index in [0.717, 1.165) is 40.8 Å². The summed E-state index contributed by atoms with van der Waals surface area (Å²) in [6.45, 7) is 5.34. The number of alkyl halides is 6. The van der Waals surface area contributed by atoms with Crippen LogP contribution in [0.4, 0.5) is 35.1 Å². The Morgan fingerprint density at radius 3 is 1.46 bits per heavy atom. The van der Waals surface area contributed by atoms with Crippen molar-refractivity contribution >= 4 is 33.7 Å². The van der Waals surface area contributed by atoms with Crippen LogP contribution in [0, 0.1) is 35.3 Å². The number of aliphatic carboxylic acids is 1. The van der Waals surface area contributed by atoms with Gasteiger partial charge < -0.3 is 33.9 Å². The summed E-state index contributed by atoms with van der Waals surface area (Å²) in [5.41, 5.74) is 4.07. The summed E-state index contributed by atoms with van der Waals surface area (Å²) in [6, 6.07) is 23.7. The smallest absolute Gasteiger partial charge is 0.870 e. The molecule has 78 heavy (non-hydrogen) atoms. The van der Waals surface area contributed by atoms with Gasteiger partial charge >= 0.3 is 43.2 Å². The minimum absolute atomic E-state index is 0. The molecule has 2 N–H and O–H groups in total. The average molecular weight is 1070 g/mol. The number of pyridine rings is 2. The van der Waals surface area contributed by atoms with Crippen molar-refractivity contribution in [3.63, 3.8) is 0 Å². The van der Waals surface area contributed by atoms with E-state index >= 15 is 0 Å². The van der Waals surface area contributed by atoms with Crippen molar-refractivity contribution < 1.29 is 88.4 Å². The van der Waals surface area contributed by atoms with Gasteiger partial charge in [-0.3, -0.25) is 9.59 Å². The van der Waals surface area contributed by atoms with Crippen molar-refractivity contribution in [1.29, 1.82) is 0 Å². The number of esters is 1. The molecule has 4 aromatic heterocycles. The number of ether oxygens (including phenoxy) is 3. The Balaban J connectivity index is 0.000000186. The number of hydrogen-bond acceptors (Lipinski definition) is 8. The molecule has 12 rings (SSSR count). The number of aromatic nitrogens is 4. The third-order valence-electron chi connectivity index (χ3n) is 14.9. The molecule has 0 aliphatic heterocycles. The number of hydrogen-bond donors (Lipinski definition) is 1. The predicted molar refractivity (Wildman–Crippen MR) is 264 cm³/mol. The molecule has 20 heteroatoms. The summed E-state index contributed by atoms with van der Waals surface area (Å²) in [5, 5.41) is 10.4. The summed E-state index contributed by atoms with van der Waals surface area (Å²) in [5.74, 6) is -1.30.